The van der Waals surface area contributed by atoms with E-state index in [1.807, 2.05) is 0 Å². The van der Waals surface area contributed by atoms with Crippen LogP contribution in [0.4, 0.5) is 5.69 Å². The lowest BCUT2D eigenvalue weighted by Gasteiger charge is -2.33. The maximum atomic E-state index is 13.3. The van der Waals surface area contributed by atoms with Crippen LogP contribution in [0.15, 0.2) is 0 Å². The second kappa shape index (κ2) is 8.87. The number of nitrogens with one attached hydrogen (secondary N) is 1. The lowest BCUT2D eigenvalue weighted by Crippen LogP contribution is -2.52. The molecule has 0 radical (unpaired) electrons. The number of aromatic nitrogens is 1. The highest BCUT2D eigenvalue weighted by molar-refractivity contribution is 7.09. The molecule has 2 aliphatic rings. The van der Waals surface area contributed by atoms with E-state index < -0.39 is 11.9 Å². The highest BCUT2D eigenvalue weighted by atomic mass is 32.1. The zero-order valence-electron chi connectivity index (χ0n) is 16.0. The maximum absolute atomic E-state index is 13.3. The molecule has 1 aromatic heterocycles. The van der Waals surface area contributed by atoms with Crippen LogP contribution in [0.3, 0.4) is 0 Å². The molecule has 28 heavy (non-hydrogen) atoms. The molecule has 0 unspecified atom stereocenters. The molecule has 2 fully saturated rings. The van der Waals surface area contributed by atoms with E-state index in [0.717, 1.165) is 56.7 Å². The van der Waals surface area contributed by atoms with Crippen molar-refractivity contribution in [2.75, 3.05) is 18.9 Å². The smallest absolute Gasteiger partial charge is 0.270 e. The molecule has 1 aliphatic carbocycles. The molecule has 154 valence electrons. The van der Waals surface area contributed by atoms with Crippen LogP contribution >= 0.6 is 11.5 Å². The van der Waals surface area contributed by atoms with Crippen LogP contribution in [-0.4, -0.2) is 58.3 Å². The summed E-state index contributed by atoms with van der Waals surface area (Å²) in [5, 5.41) is 2.90. The number of ether oxygens (including phenoxy) is 1. The number of nitrogen functional groups attached to an aromatic ring is 1. The van der Waals surface area contributed by atoms with Crippen LogP contribution in [0.5, 0.6) is 0 Å². The van der Waals surface area contributed by atoms with Gasteiger partial charge in [0, 0.05) is 19.2 Å². The molecule has 1 aliphatic heterocycles. The zero-order chi connectivity index (χ0) is 20.3. The molecule has 0 bridgehead atoms. The number of hydrogen-bond acceptors (Lipinski definition) is 7. The first-order chi connectivity index (χ1) is 13.4. The third-order valence-electron chi connectivity index (χ3n) is 5.43. The van der Waals surface area contributed by atoms with E-state index in [0.29, 0.717) is 6.54 Å². The Kier molecular flexibility index (Phi) is 6.50. The molecule has 3 rings (SSSR count). The van der Waals surface area contributed by atoms with Crippen LogP contribution < -0.4 is 16.8 Å². The number of nitrogens with two attached hydrogens (primary N) is 2. The minimum Gasteiger partial charge on any atom is -0.395 e. The fourth-order valence-corrected chi connectivity index (χ4v) is 4.63. The number of anilines is 1. The highest BCUT2D eigenvalue weighted by Crippen LogP contribution is 2.30. The summed E-state index contributed by atoms with van der Waals surface area (Å²) in [7, 11) is 0. The van der Waals surface area contributed by atoms with Gasteiger partial charge in [-0.2, -0.15) is 4.37 Å². The summed E-state index contributed by atoms with van der Waals surface area (Å²) in [5.41, 5.74) is 11.1. The average molecular weight is 410 g/mol. The lowest BCUT2D eigenvalue weighted by atomic mass is 10.1. The van der Waals surface area contributed by atoms with Crippen LogP contribution in [0.1, 0.15) is 65.6 Å². The predicted octanol–water partition coefficient (Wildman–Crippen LogP) is 0.893. The first kappa shape index (κ1) is 20.5. The van der Waals surface area contributed by atoms with Crippen molar-refractivity contribution in [3.05, 3.63) is 10.6 Å². The number of carbonyl (C=O) groups excluding carboxylic acids is 3. The molecule has 2 heterocycles. The normalized spacial score (nSPS) is 20.8. The monoisotopic (exact) mass is 409 g/mol. The lowest BCUT2D eigenvalue weighted by molar-refractivity contribution is -0.126. The van der Waals surface area contributed by atoms with Gasteiger partial charge < -0.3 is 26.4 Å². The third kappa shape index (κ3) is 4.27. The number of hydrogen-bond donors (Lipinski definition) is 3. The van der Waals surface area contributed by atoms with Crippen molar-refractivity contribution < 1.29 is 19.1 Å². The average Bonchev–Trinajstić information content (AvgIpc) is 3.41. The number of nitrogens with zero attached hydrogens (tertiary/aromatic N) is 2. The van der Waals surface area contributed by atoms with Crippen LogP contribution in [0.2, 0.25) is 0 Å². The van der Waals surface area contributed by atoms with Crippen molar-refractivity contribution in [3.8, 4) is 0 Å². The van der Waals surface area contributed by atoms with Crippen LogP contribution in [-0.2, 0) is 9.53 Å². The summed E-state index contributed by atoms with van der Waals surface area (Å²) in [5.74, 6) is -1.38. The Morgan fingerprint density at radius 1 is 1.29 bits per heavy atom. The van der Waals surface area contributed by atoms with E-state index in [4.69, 9.17) is 16.2 Å². The Morgan fingerprint density at radius 3 is 2.57 bits per heavy atom. The molecule has 1 aromatic rings. The Labute approximate surface area is 167 Å². The molecular weight excluding hydrogens is 382 g/mol. The van der Waals surface area contributed by atoms with E-state index >= 15 is 0 Å². The van der Waals surface area contributed by atoms with Crippen molar-refractivity contribution in [2.45, 2.75) is 63.6 Å². The van der Waals surface area contributed by atoms with Gasteiger partial charge >= 0.3 is 0 Å². The molecule has 0 spiro atoms. The fourth-order valence-electron chi connectivity index (χ4n) is 3.88. The van der Waals surface area contributed by atoms with E-state index in [2.05, 4.69) is 9.69 Å². The molecule has 1 saturated carbocycles. The van der Waals surface area contributed by atoms with E-state index in [-0.39, 0.29) is 40.2 Å². The van der Waals surface area contributed by atoms with Crippen molar-refractivity contribution in [3.63, 3.8) is 0 Å². The van der Waals surface area contributed by atoms with Crippen molar-refractivity contribution in [1.82, 2.24) is 14.6 Å². The van der Waals surface area contributed by atoms with Crippen LogP contribution in [0, 0.1) is 0 Å². The first-order valence-corrected chi connectivity index (χ1v) is 10.4. The number of carbonyl (C=O) groups is 3. The largest absolute Gasteiger partial charge is 0.395 e. The second-order valence-corrected chi connectivity index (χ2v) is 8.12. The molecule has 1 saturated heterocycles. The van der Waals surface area contributed by atoms with Gasteiger partial charge in [-0.15, -0.1) is 0 Å². The van der Waals surface area contributed by atoms with E-state index in [9.17, 15) is 14.4 Å². The zero-order valence-corrected chi connectivity index (χ0v) is 16.8. The van der Waals surface area contributed by atoms with E-state index in [1.54, 1.807) is 11.8 Å². The van der Waals surface area contributed by atoms with Gasteiger partial charge in [-0.25, -0.2) is 0 Å². The van der Waals surface area contributed by atoms with E-state index in [1.165, 1.54) is 0 Å². The summed E-state index contributed by atoms with van der Waals surface area (Å²) < 4.78 is 9.45. The van der Waals surface area contributed by atoms with Crippen LogP contribution in [0.25, 0.3) is 0 Å². The number of rotatable bonds is 7. The Morgan fingerprint density at radius 2 is 2.00 bits per heavy atom. The van der Waals surface area contributed by atoms with Gasteiger partial charge in [0.15, 0.2) is 5.69 Å². The third-order valence-corrected chi connectivity index (χ3v) is 6.28. The fraction of sp³-hybridized carbons (Fsp3) is 0.667. The van der Waals surface area contributed by atoms with Gasteiger partial charge in [-0.05, 0) is 44.1 Å². The van der Waals surface area contributed by atoms with Gasteiger partial charge in [0.2, 0.25) is 5.91 Å². The minimum atomic E-state index is -0.775. The standard InChI is InChI=1S/C18H27N5O4S/c1-10(17(25)21-9-12-7-4-8-27-12)23(11-5-2-3-6-11)18(26)15-13(19)14(16(20)24)22-28-15/h10-12H,2-9,19H2,1H3,(H2,20,24)(H,21,25)/t10-,12+/m1/s1. The summed E-state index contributed by atoms with van der Waals surface area (Å²) in [6.45, 7) is 2.87. The topological polar surface area (TPSA) is 141 Å². The number of amides is 3. The Hall–Kier alpha value is -2.20. The second-order valence-electron chi connectivity index (χ2n) is 7.35. The van der Waals surface area contributed by atoms with Gasteiger partial charge in [0.1, 0.15) is 10.9 Å². The molecule has 2 atom stereocenters. The maximum Gasteiger partial charge on any atom is 0.270 e. The SMILES string of the molecule is C[C@H](C(=O)NC[C@@H]1CCCO1)N(C(=O)c1snc(C(N)=O)c1N)C1CCCC1. The predicted molar refractivity (Wildman–Crippen MR) is 105 cm³/mol. The Bertz CT molecular complexity index is 740. The molecule has 0 aromatic carbocycles. The first-order valence-electron chi connectivity index (χ1n) is 9.67. The Balaban J connectivity index is 1.77. The highest BCUT2D eigenvalue weighted by Gasteiger charge is 2.37. The van der Waals surface area contributed by atoms with Gasteiger partial charge in [-0.3, -0.25) is 14.4 Å². The molecule has 3 amide bonds. The van der Waals surface area contributed by atoms with Gasteiger partial charge in [0.05, 0.1) is 11.8 Å². The summed E-state index contributed by atoms with van der Waals surface area (Å²) in [4.78, 5) is 39.2. The van der Waals surface area contributed by atoms with Crippen molar-refractivity contribution in [2.24, 2.45) is 5.73 Å². The molecular formula is C18H27N5O4S. The van der Waals surface area contributed by atoms with Gasteiger partial charge in [-0.1, -0.05) is 12.8 Å². The van der Waals surface area contributed by atoms with Gasteiger partial charge in [0.25, 0.3) is 11.8 Å². The van der Waals surface area contributed by atoms with Crippen molar-refractivity contribution in [1.29, 1.82) is 0 Å². The minimum absolute atomic E-state index is 0.0162. The number of primary amides is 1. The summed E-state index contributed by atoms with van der Waals surface area (Å²) >= 11 is 0.844. The molecule has 9 nitrogen and oxygen atoms in total. The summed E-state index contributed by atoms with van der Waals surface area (Å²) in [6.07, 6.45) is 5.62. The molecule has 10 heteroatoms. The summed E-state index contributed by atoms with van der Waals surface area (Å²) in [6, 6.07) is -0.718. The molecule has 5 N–H and O–H groups in total. The van der Waals surface area contributed by atoms with Crippen molar-refractivity contribution >= 4 is 34.9 Å². The quantitative estimate of drug-likeness (QED) is 0.611.